The van der Waals surface area contributed by atoms with Gasteiger partial charge in [0.2, 0.25) is 5.13 Å². The number of para-hydroxylation sites is 1. The van der Waals surface area contributed by atoms with E-state index in [0.717, 1.165) is 26.8 Å². The quantitative estimate of drug-likeness (QED) is 0.427. The number of rotatable bonds is 5. The van der Waals surface area contributed by atoms with E-state index >= 15 is 0 Å². The van der Waals surface area contributed by atoms with Crippen LogP contribution in [0.2, 0.25) is 0 Å². The molecule has 1 N–H and O–H groups in total. The first-order valence-electron chi connectivity index (χ1n) is 8.50. The van der Waals surface area contributed by atoms with Gasteiger partial charge in [0.05, 0.1) is 11.9 Å². The normalized spacial score (nSPS) is 10.9. The Morgan fingerprint density at radius 1 is 1.00 bits per heavy atom. The van der Waals surface area contributed by atoms with Gasteiger partial charge in [-0.3, -0.25) is 10.1 Å². The van der Waals surface area contributed by atoms with Crippen LogP contribution in [0.3, 0.4) is 0 Å². The second kappa shape index (κ2) is 7.66. The zero-order chi connectivity index (χ0) is 19.6. The predicted molar refractivity (Wildman–Crippen MR) is 116 cm³/mol. The van der Waals surface area contributed by atoms with Crippen molar-refractivity contribution in [1.29, 1.82) is 0 Å². The lowest BCUT2D eigenvalue weighted by atomic mass is 10.3. The standard InChI is InChI=1S/C19H12N6OS3/c26-16(22-19-24-23-18(29-19)12-6-7-27-10-12)15-11-28-17(21-15)13-8-20-25(9-13)14-4-2-1-3-5-14/h1-11H,(H,22,24,26). The lowest BCUT2D eigenvalue weighted by Crippen LogP contribution is -2.12. The molecule has 10 heteroatoms. The first-order valence-corrected chi connectivity index (χ1v) is 11.1. The SMILES string of the molecule is O=C(Nc1nnc(-c2ccsc2)s1)c1csc(-c2cnn(-c3ccccc3)c2)n1. The topological polar surface area (TPSA) is 85.6 Å². The van der Waals surface area contributed by atoms with Gasteiger partial charge >= 0.3 is 0 Å². The fraction of sp³-hybridized carbons (Fsp3) is 0. The van der Waals surface area contributed by atoms with Crippen molar-refractivity contribution in [2.45, 2.75) is 0 Å². The molecule has 0 unspecified atom stereocenters. The number of hydrogen-bond acceptors (Lipinski definition) is 8. The Morgan fingerprint density at radius 3 is 2.72 bits per heavy atom. The van der Waals surface area contributed by atoms with Crippen LogP contribution in [0.5, 0.6) is 0 Å². The summed E-state index contributed by atoms with van der Waals surface area (Å²) in [6.45, 7) is 0. The van der Waals surface area contributed by atoms with E-state index in [9.17, 15) is 4.79 Å². The van der Waals surface area contributed by atoms with Crippen molar-refractivity contribution in [2.24, 2.45) is 0 Å². The first-order chi connectivity index (χ1) is 14.3. The van der Waals surface area contributed by atoms with Crippen molar-refractivity contribution in [3.05, 3.63) is 70.6 Å². The fourth-order valence-electron chi connectivity index (χ4n) is 2.60. The van der Waals surface area contributed by atoms with Crippen molar-refractivity contribution in [1.82, 2.24) is 25.0 Å². The van der Waals surface area contributed by atoms with Gasteiger partial charge in [-0.2, -0.15) is 16.4 Å². The van der Waals surface area contributed by atoms with Crippen molar-refractivity contribution in [3.63, 3.8) is 0 Å². The Kier molecular flexibility index (Phi) is 4.72. The van der Waals surface area contributed by atoms with E-state index in [2.05, 4.69) is 25.6 Å². The number of nitrogens with zero attached hydrogens (tertiary/aromatic N) is 5. The third-order valence-electron chi connectivity index (χ3n) is 4.00. The molecular formula is C19H12N6OS3. The van der Waals surface area contributed by atoms with Gasteiger partial charge in [-0.25, -0.2) is 9.67 Å². The molecule has 1 amide bonds. The van der Waals surface area contributed by atoms with Crippen molar-refractivity contribution < 1.29 is 4.79 Å². The summed E-state index contributed by atoms with van der Waals surface area (Å²) in [6, 6.07) is 11.8. The van der Waals surface area contributed by atoms with Crippen molar-refractivity contribution >= 4 is 45.0 Å². The fourth-order valence-corrected chi connectivity index (χ4v) is 4.83. The summed E-state index contributed by atoms with van der Waals surface area (Å²) >= 11 is 4.32. The zero-order valence-electron chi connectivity index (χ0n) is 14.7. The van der Waals surface area contributed by atoms with E-state index in [-0.39, 0.29) is 5.91 Å². The van der Waals surface area contributed by atoms with E-state index in [0.29, 0.717) is 10.8 Å². The van der Waals surface area contributed by atoms with Crippen LogP contribution >= 0.6 is 34.0 Å². The van der Waals surface area contributed by atoms with E-state index < -0.39 is 0 Å². The third kappa shape index (κ3) is 3.73. The summed E-state index contributed by atoms with van der Waals surface area (Å²) in [5.41, 5.74) is 3.16. The van der Waals surface area contributed by atoms with Gasteiger partial charge in [0.1, 0.15) is 15.7 Å². The smallest absolute Gasteiger partial charge is 0.276 e. The largest absolute Gasteiger partial charge is 0.295 e. The number of thiophene rings is 1. The van der Waals surface area contributed by atoms with Gasteiger partial charge in [0.25, 0.3) is 5.91 Å². The van der Waals surface area contributed by atoms with Crippen LogP contribution in [0.4, 0.5) is 5.13 Å². The molecule has 7 nitrogen and oxygen atoms in total. The van der Waals surface area contributed by atoms with Crippen LogP contribution in [0.25, 0.3) is 26.8 Å². The molecule has 0 fully saturated rings. The molecule has 0 radical (unpaired) electrons. The molecule has 0 aliphatic rings. The Labute approximate surface area is 177 Å². The highest BCUT2D eigenvalue weighted by Crippen LogP contribution is 2.29. The predicted octanol–water partition coefficient (Wildman–Crippen LogP) is 4.83. The number of hydrogen-bond donors (Lipinski definition) is 1. The van der Waals surface area contributed by atoms with Crippen LogP contribution in [-0.4, -0.2) is 30.9 Å². The number of thiazole rings is 1. The Bertz CT molecular complexity index is 1260. The minimum absolute atomic E-state index is 0.309. The van der Waals surface area contributed by atoms with E-state index in [1.54, 1.807) is 27.6 Å². The molecule has 4 aromatic heterocycles. The number of carbonyl (C=O) groups excluding carboxylic acids is 1. The van der Waals surface area contributed by atoms with Gasteiger partial charge in [0, 0.05) is 28.1 Å². The van der Waals surface area contributed by atoms with Gasteiger partial charge in [-0.1, -0.05) is 29.5 Å². The molecule has 4 heterocycles. The second-order valence-corrected chi connectivity index (χ2v) is 8.54. The van der Waals surface area contributed by atoms with Crippen molar-refractivity contribution in [3.8, 4) is 26.8 Å². The summed E-state index contributed by atoms with van der Waals surface area (Å²) in [5.74, 6) is -0.309. The lowest BCUT2D eigenvalue weighted by molar-refractivity contribution is 0.102. The zero-order valence-corrected chi connectivity index (χ0v) is 17.2. The van der Waals surface area contributed by atoms with E-state index in [4.69, 9.17) is 0 Å². The first kappa shape index (κ1) is 17.9. The van der Waals surface area contributed by atoms with Crippen LogP contribution in [-0.2, 0) is 0 Å². The summed E-state index contributed by atoms with van der Waals surface area (Å²) < 4.78 is 1.78. The summed E-state index contributed by atoms with van der Waals surface area (Å²) in [6.07, 6.45) is 3.64. The van der Waals surface area contributed by atoms with Crippen LogP contribution in [0.1, 0.15) is 10.5 Å². The van der Waals surface area contributed by atoms with E-state index in [1.807, 2.05) is 53.4 Å². The minimum atomic E-state index is -0.309. The Morgan fingerprint density at radius 2 is 1.90 bits per heavy atom. The second-order valence-electron chi connectivity index (χ2n) is 5.93. The molecule has 5 aromatic rings. The Hall–Kier alpha value is -3.21. The summed E-state index contributed by atoms with van der Waals surface area (Å²) in [4.78, 5) is 17.0. The molecule has 0 bridgehead atoms. The maximum absolute atomic E-state index is 12.5. The number of anilines is 1. The molecule has 0 aliphatic carbocycles. The summed E-state index contributed by atoms with van der Waals surface area (Å²) in [7, 11) is 0. The molecule has 0 aliphatic heterocycles. The maximum atomic E-state index is 12.5. The van der Waals surface area contributed by atoms with Crippen LogP contribution in [0.15, 0.2) is 64.9 Å². The van der Waals surface area contributed by atoms with Crippen LogP contribution in [0, 0.1) is 0 Å². The number of amides is 1. The highest BCUT2D eigenvalue weighted by atomic mass is 32.1. The number of nitrogens with one attached hydrogen (secondary N) is 1. The van der Waals surface area contributed by atoms with Crippen molar-refractivity contribution in [2.75, 3.05) is 5.32 Å². The molecule has 0 atom stereocenters. The highest BCUT2D eigenvalue weighted by molar-refractivity contribution is 7.19. The monoisotopic (exact) mass is 436 g/mol. The van der Waals surface area contributed by atoms with E-state index in [1.165, 1.54) is 22.7 Å². The van der Waals surface area contributed by atoms with Crippen LogP contribution < -0.4 is 5.32 Å². The number of carbonyl (C=O) groups is 1. The molecule has 0 spiro atoms. The molecular weight excluding hydrogens is 424 g/mol. The van der Waals surface area contributed by atoms with Gasteiger partial charge in [-0.05, 0) is 23.6 Å². The molecule has 5 rings (SSSR count). The molecule has 142 valence electrons. The van der Waals surface area contributed by atoms with Gasteiger partial charge < -0.3 is 0 Å². The lowest BCUT2D eigenvalue weighted by Gasteiger charge is -1.98. The maximum Gasteiger partial charge on any atom is 0.276 e. The number of aromatic nitrogens is 5. The molecule has 29 heavy (non-hydrogen) atoms. The average Bonchev–Trinajstić information content (AvgIpc) is 3.55. The molecule has 0 saturated carbocycles. The minimum Gasteiger partial charge on any atom is -0.295 e. The average molecular weight is 437 g/mol. The van der Waals surface area contributed by atoms with Gasteiger partial charge in [0.15, 0.2) is 0 Å². The van der Waals surface area contributed by atoms with Gasteiger partial charge in [-0.15, -0.1) is 21.5 Å². The third-order valence-corrected chi connectivity index (χ3v) is 6.46. The molecule has 1 aromatic carbocycles. The summed E-state index contributed by atoms with van der Waals surface area (Å²) in [5, 5.41) is 23.0. The molecule has 0 saturated heterocycles. The number of benzene rings is 1. The highest BCUT2D eigenvalue weighted by Gasteiger charge is 2.16. The Balaban J connectivity index is 1.31.